The molecule has 0 bridgehead atoms. The lowest BCUT2D eigenvalue weighted by Gasteiger charge is -2.22. The third kappa shape index (κ3) is 6.17. The van der Waals surface area contributed by atoms with Crippen LogP contribution >= 0.6 is 0 Å². The monoisotopic (exact) mass is 253 g/mol. The van der Waals surface area contributed by atoms with Crippen LogP contribution in [0.4, 0.5) is 0 Å². The Labute approximate surface area is 111 Å². The van der Waals surface area contributed by atoms with Gasteiger partial charge in [-0.05, 0) is 38.8 Å². The highest BCUT2D eigenvalue weighted by atomic mass is 16.5. The van der Waals surface area contributed by atoms with Crippen LogP contribution in [0.1, 0.15) is 34.1 Å². The Bertz CT molecular complexity index is 296. The number of rotatable bonds is 9. The molecule has 0 fully saturated rings. The minimum atomic E-state index is 0.329. The molecule has 0 aliphatic heterocycles. The van der Waals surface area contributed by atoms with E-state index in [1.54, 1.807) is 0 Å². The summed E-state index contributed by atoms with van der Waals surface area (Å²) in [5.74, 6) is 0.597. The Morgan fingerprint density at radius 3 is 2.61 bits per heavy atom. The molecule has 104 valence electrons. The lowest BCUT2D eigenvalue weighted by Crippen LogP contribution is -2.38. The first-order chi connectivity index (χ1) is 8.59. The van der Waals surface area contributed by atoms with Gasteiger partial charge in [0.05, 0.1) is 12.6 Å². The molecule has 0 aliphatic rings. The Kier molecular flexibility index (Phi) is 6.98. The molecule has 1 N–H and O–H groups in total. The molecule has 0 aromatic carbocycles. The van der Waals surface area contributed by atoms with Gasteiger partial charge in [-0.1, -0.05) is 13.8 Å². The zero-order valence-corrected chi connectivity index (χ0v) is 12.1. The molecule has 1 heterocycles. The molecule has 1 unspecified atom stereocenters. The molecular formula is C14H27N3O. The molecule has 4 nitrogen and oxygen atoms in total. The second-order valence-electron chi connectivity index (χ2n) is 5.31. The molecule has 0 saturated carbocycles. The normalized spacial score (nSPS) is 13.4. The summed E-state index contributed by atoms with van der Waals surface area (Å²) in [5.41, 5.74) is 0. The fourth-order valence-electron chi connectivity index (χ4n) is 1.80. The van der Waals surface area contributed by atoms with Crippen LogP contribution in [0.5, 0.6) is 0 Å². The SMILES string of the molecule is CC(C)OCCCNC(Cn1cccn1)C(C)C. The molecule has 18 heavy (non-hydrogen) atoms. The summed E-state index contributed by atoms with van der Waals surface area (Å²) in [4.78, 5) is 0. The Balaban J connectivity index is 2.22. The molecule has 1 aromatic rings. The van der Waals surface area contributed by atoms with E-state index in [1.807, 2.05) is 23.1 Å². The van der Waals surface area contributed by atoms with Gasteiger partial charge in [0.15, 0.2) is 0 Å². The third-order valence-electron chi connectivity index (χ3n) is 2.93. The summed E-state index contributed by atoms with van der Waals surface area (Å²) in [5, 5.41) is 7.85. The van der Waals surface area contributed by atoms with Crippen molar-refractivity contribution in [2.75, 3.05) is 13.2 Å². The summed E-state index contributed by atoms with van der Waals surface area (Å²) in [6, 6.07) is 2.43. The van der Waals surface area contributed by atoms with Crippen molar-refractivity contribution in [3.63, 3.8) is 0 Å². The average molecular weight is 253 g/mol. The zero-order valence-electron chi connectivity index (χ0n) is 12.1. The molecule has 0 amide bonds. The molecule has 1 atom stereocenters. The van der Waals surface area contributed by atoms with Crippen molar-refractivity contribution in [1.82, 2.24) is 15.1 Å². The molecule has 0 radical (unpaired) electrons. The van der Waals surface area contributed by atoms with E-state index in [1.165, 1.54) is 0 Å². The maximum Gasteiger partial charge on any atom is 0.0565 e. The predicted octanol–water partition coefficient (Wildman–Crippen LogP) is 2.31. The van der Waals surface area contributed by atoms with E-state index < -0.39 is 0 Å². The van der Waals surface area contributed by atoms with Gasteiger partial charge >= 0.3 is 0 Å². The van der Waals surface area contributed by atoms with Crippen LogP contribution in [-0.4, -0.2) is 35.1 Å². The van der Waals surface area contributed by atoms with Crippen molar-refractivity contribution >= 4 is 0 Å². The van der Waals surface area contributed by atoms with E-state index in [0.29, 0.717) is 18.1 Å². The number of hydrogen-bond donors (Lipinski definition) is 1. The number of hydrogen-bond acceptors (Lipinski definition) is 3. The first-order valence-corrected chi connectivity index (χ1v) is 6.92. The van der Waals surface area contributed by atoms with Gasteiger partial charge in [0, 0.05) is 25.0 Å². The topological polar surface area (TPSA) is 39.1 Å². The van der Waals surface area contributed by atoms with Gasteiger partial charge in [0.2, 0.25) is 0 Å². The summed E-state index contributed by atoms with van der Waals surface area (Å²) in [7, 11) is 0. The largest absolute Gasteiger partial charge is 0.379 e. The van der Waals surface area contributed by atoms with E-state index in [9.17, 15) is 0 Å². The second kappa shape index (κ2) is 8.27. The Morgan fingerprint density at radius 2 is 2.06 bits per heavy atom. The van der Waals surface area contributed by atoms with Crippen LogP contribution in [0.25, 0.3) is 0 Å². The lowest BCUT2D eigenvalue weighted by atomic mass is 10.0. The van der Waals surface area contributed by atoms with Gasteiger partial charge in [0.1, 0.15) is 0 Å². The van der Waals surface area contributed by atoms with E-state index in [2.05, 4.69) is 38.1 Å². The van der Waals surface area contributed by atoms with Crippen molar-refractivity contribution in [2.24, 2.45) is 5.92 Å². The van der Waals surface area contributed by atoms with Crippen LogP contribution in [-0.2, 0) is 11.3 Å². The number of ether oxygens (including phenoxy) is 1. The van der Waals surface area contributed by atoms with E-state index in [-0.39, 0.29) is 0 Å². The van der Waals surface area contributed by atoms with E-state index >= 15 is 0 Å². The van der Waals surface area contributed by atoms with Gasteiger partial charge in [0.25, 0.3) is 0 Å². The molecule has 4 heteroatoms. The lowest BCUT2D eigenvalue weighted by molar-refractivity contribution is 0.0763. The van der Waals surface area contributed by atoms with Crippen molar-refractivity contribution in [3.8, 4) is 0 Å². The molecule has 1 rings (SSSR count). The number of aromatic nitrogens is 2. The van der Waals surface area contributed by atoms with Crippen LogP contribution in [0.3, 0.4) is 0 Å². The molecule has 0 aliphatic carbocycles. The zero-order chi connectivity index (χ0) is 13.4. The predicted molar refractivity (Wildman–Crippen MR) is 74.6 cm³/mol. The quantitative estimate of drug-likeness (QED) is 0.686. The van der Waals surface area contributed by atoms with Crippen LogP contribution in [0, 0.1) is 5.92 Å². The second-order valence-corrected chi connectivity index (χ2v) is 5.31. The number of nitrogens with zero attached hydrogens (tertiary/aromatic N) is 2. The summed E-state index contributed by atoms with van der Waals surface area (Å²) in [6.45, 7) is 11.4. The highest BCUT2D eigenvalue weighted by molar-refractivity contribution is 4.80. The van der Waals surface area contributed by atoms with Crippen molar-refractivity contribution in [1.29, 1.82) is 0 Å². The van der Waals surface area contributed by atoms with Gasteiger partial charge < -0.3 is 10.1 Å². The van der Waals surface area contributed by atoms with Crippen LogP contribution < -0.4 is 5.32 Å². The highest BCUT2D eigenvalue weighted by Crippen LogP contribution is 2.04. The highest BCUT2D eigenvalue weighted by Gasteiger charge is 2.13. The maximum atomic E-state index is 5.53. The third-order valence-corrected chi connectivity index (χ3v) is 2.93. The summed E-state index contributed by atoms with van der Waals surface area (Å²) >= 11 is 0. The minimum absolute atomic E-state index is 0.329. The Morgan fingerprint density at radius 1 is 1.28 bits per heavy atom. The Hall–Kier alpha value is -0.870. The van der Waals surface area contributed by atoms with E-state index in [4.69, 9.17) is 4.74 Å². The van der Waals surface area contributed by atoms with Gasteiger partial charge in [-0.2, -0.15) is 5.10 Å². The number of nitrogens with one attached hydrogen (secondary N) is 1. The first kappa shape index (κ1) is 15.2. The van der Waals surface area contributed by atoms with Gasteiger partial charge in [-0.15, -0.1) is 0 Å². The molecule has 0 spiro atoms. The van der Waals surface area contributed by atoms with Crippen molar-refractivity contribution in [2.45, 2.75) is 52.8 Å². The smallest absolute Gasteiger partial charge is 0.0565 e. The van der Waals surface area contributed by atoms with Crippen LogP contribution in [0.2, 0.25) is 0 Å². The van der Waals surface area contributed by atoms with Gasteiger partial charge in [-0.25, -0.2) is 0 Å². The van der Waals surface area contributed by atoms with Crippen molar-refractivity contribution < 1.29 is 4.74 Å². The fraction of sp³-hybridized carbons (Fsp3) is 0.786. The van der Waals surface area contributed by atoms with Crippen molar-refractivity contribution in [3.05, 3.63) is 18.5 Å². The maximum absolute atomic E-state index is 5.53. The van der Waals surface area contributed by atoms with Crippen LogP contribution in [0.15, 0.2) is 18.5 Å². The fourth-order valence-corrected chi connectivity index (χ4v) is 1.80. The minimum Gasteiger partial charge on any atom is -0.379 e. The first-order valence-electron chi connectivity index (χ1n) is 6.92. The molecular weight excluding hydrogens is 226 g/mol. The van der Waals surface area contributed by atoms with Gasteiger partial charge in [-0.3, -0.25) is 4.68 Å². The van der Waals surface area contributed by atoms with E-state index in [0.717, 1.165) is 26.1 Å². The molecule has 1 aromatic heterocycles. The average Bonchev–Trinajstić information content (AvgIpc) is 2.79. The standard InChI is InChI=1S/C14H27N3O/c1-12(2)14(11-17-9-5-8-16-17)15-7-6-10-18-13(3)4/h5,8-9,12-15H,6-7,10-11H2,1-4H3. The summed E-state index contributed by atoms with van der Waals surface area (Å²) < 4.78 is 7.52. The molecule has 0 saturated heterocycles. The summed E-state index contributed by atoms with van der Waals surface area (Å²) in [6.07, 6.45) is 5.22.